The molecule has 1 atom stereocenters. The lowest BCUT2D eigenvalue weighted by Gasteiger charge is -2.24. The molecule has 7 heteroatoms. The molecule has 0 aromatic carbocycles. The lowest BCUT2D eigenvalue weighted by Crippen LogP contribution is -2.45. The molecule has 0 aliphatic heterocycles. The molecular formula is C16H26N2O5. The standard InChI is InChI=1S/C16H26N2O5/c1-10(2)13(8-18-15(21)23-16(3,4)5)17-7-12-6-11(9-22-12)14(19)20/h6,9-10,13,17H,7-8H2,1-5H3,(H,18,21)(H,19,20). The van der Waals surface area contributed by atoms with Crippen molar-refractivity contribution in [2.24, 2.45) is 5.92 Å². The number of alkyl carbamates (subject to hydrolysis) is 1. The molecule has 1 amide bonds. The average molecular weight is 326 g/mol. The molecule has 23 heavy (non-hydrogen) atoms. The number of aromatic carboxylic acids is 1. The van der Waals surface area contributed by atoms with Gasteiger partial charge in [0.1, 0.15) is 17.6 Å². The first kappa shape index (κ1) is 19.0. The van der Waals surface area contributed by atoms with Gasteiger partial charge in [-0.15, -0.1) is 0 Å². The second-order valence-electron chi connectivity index (χ2n) is 6.72. The van der Waals surface area contributed by atoms with E-state index in [2.05, 4.69) is 10.6 Å². The molecule has 0 aliphatic carbocycles. The van der Waals surface area contributed by atoms with Crippen molar-refractivity contribution in [1.29, 1.82) is 0 Å². The van der Waals surface area contributed by atoms with Crippen LogP contribution < -0.4 is 10.6 Å². The van der Waals surface area contributed by atoms with Crippen LogP contribution >= 0.6 is 0 Å². The Balaban J connectivity index is 2.48. The Morgan fingerprint density at radius 1 is 1.35 bits per heavy atom. The zero-order chi connectivity index (χ0) is 17.6. The quantitative estimate of drug-likeness (QED) is 0.712. The van der Waals surface area contributed by atoms with Crippen LogP contribution in [0.3, 0.4) is 0 Å². The first-order chi connectivity index (χ1) is 10.6. The SMILES string of the molecule is CC(C)C(CNC(=O)OC(C)(C)C)NCc1cc(C(=O)O)co1. The van der Waals surface area contributed by atoms with Gasteiger partial charge in [0, 0.05) is 12.6 Å². The molecular weight excluding hydrogens is 300 g/mol. The van der Waals surface area contributed by atoms with Gasteiger partial charge < -0.3 is 24.9 Å². The van der Waals surface area contributed by atoms with Crippen molar-refractivity contribution in [2.75, 3.05) is 6.54 Å². The first-order valence-corrected chi connectivity index (χ1v) is 7.59. The van der Waals surface area contributed by atoms with E-state index in [4.69, 9.17) is 14.3 Å². The summed E-state index contributed by atoms with van der Waals surface area (Å²) < 4.78 is 10.4. The first-order valence-electron chi connectivity index (χ1n) is 7.59. The Morgan fingerprint density at radius 3 is 2.48 bits per heavy atom. The fourth-order valence-electron chi connectivity index (χ4n) is 1.87. The molecule has 0 bridgehead atoms. The van der Waals surface area contributed by atoms with Crippen molar-refractivity contribution < 1.29 is 23.8 Å². The van der Waals surface area contributed by atoms with Crippen LogP contribution in [0.5, 0.6) is 0 Å². The Labute approximate surface area is 136 Å². The summed E-state index contributed by atoms with van der Waals surface area (Å²) in [5, 5.41) is 14.8. The van der Waals surface area contributed by atoms with Gasteiger partial charge in [0.05, 0.1) is 12.1 Å². The maximum Gasteiger partial charge on any atom is 0.407 e. The Kier molecular flexibility index (Phi) is 6.62. The number of rotatable bonds is 7. The fraction of sp³-hybridized carbons (Fsp3) is 0.625. The number of carboxylic acid groups (broad SMARTS) is 1. The molecule has 0 saturated heterocycles. The molecule has 1 unspecified atom stereocenters. The smallest absolute Gasteiger partial charge is 0.407 e. The molecule has 1 aromatic heterocycles. The molecule has 0 fully saturated rings. The van der Waals surface area contributed by atoms with E-state index in [1.165, 1.54) is 12.3 Å². The lowest BCUT2D eigenvalue weighted by atomic mass is 10.0. The summed E-state index contributed by atoms with van der Waals surface area (Å²) >= 11 is 0. The van der Waals surface area contributed by atoms with E-state index >= 15 is 0 Å². The van der Waals surface area contributed by atoms with Crippen LogP contribution in [-0.2, 0) is 11.3 Å². The highest BCUT2D eigenvalue weighted by Gasteiger charge is 2.19. The monoisotopic (exact) mass is 326 g/mol. The number of carbonyl (C=O) groups excluding carboxylic acids is 1. The molecule has 0 radical (unpaired) electrons. The van der Waals surface area contributed by atoms with Crippen molar-refractivity contribution in [3.63, 3.8) is 0 Å². The zero-order valence-corrected chi connectivity index (χ0v) is 14.3. The summed E-state index contributed by atoms with van der Waals surface area (Å²) in [4.78, 5) is 22.5. The lowest BCUT2D eigenvalue weighted by molar-refractivity contribution is 0.0518. The molecule has 0 saturated carbocycles. The summed E-state index contributed by atoms with van der Waals surface area (Å²) in [6, 6.07) is 1.48. The van der Waals surface area contributed by atoms with Crippen LogP contribution in [0.4, 0.5) is 4.79 Å². The Morgan fingerprint density at radius 2 is 2.00 bits per heavy atom. The second-order valence-corrected chi connectivity index (χ2v) is 6.72. The highest BCUT2D eigenvalue weighted by Crippen LogP contribution is 2.10. The van der Waals surface area contributed by atoms with Crippen LogP contribution in [-0.4, -0.2) is 35.4 Å². The van der Waals surface area contributed by atoms with Crippen molar-refractivity contribution in [2.45, 2.75) is 52.8 Å². The Bertz CT molecular complexity index is 531. The van der Waals surface area contributed by atoms with Crippen molar-refractivity contribution >= 4 is 12.1 Å². The molecule has 7 nitrogen and oxygen atoms in total. The number of furan rings is 1. The van der Waals surface area contributed by atoms with Gasteiger partial charge in [-0.2, -0.15) is 0 Å². The molecule has 3 N–H and O–H groups in total. The van der Waals surface area contributed by atoms with Crippen LogP contribution in [0.15, 0.2) is 16.7 Å². The number of nitrogens with one attached hydrogen (secondary N) is 2. The summed E-state index contributed by atoms with van der Waals surface area (Å²) in [5.41, 5.74) is -0.415. The third kappa shape index (κ3) is 7.19. The predicted molar refractivity (Wildman–Crippen MR) is 85.4 cm³/mol. The molecule has 0 aliphatic rings. The normalized spacial score (nSPS) is 13.0. The van der Waals surface area contributed by atoms with Gasteiger partial charge >= 0.3 is 12.1 Å². The second kappa shape index (κ2) is 8.01. The summed E-state index contributed by atoms with van der Waals surface area (Å²) in [5.74, 6) is -0.226. The summed E-state index contributed by atoms with van der Waals surface area (Å²) in [6.45, 7) is 10.3. The minimum Gasteiger partial charge on any atom is -0.478 e. The van der Waals surface area contributed by atoms with Gasteiger partial charge in [0.15, 0.2) is 0 Å². The number of hydrogen-bond acceptors (Lipinski definition) is 5. The average Bonchev–Trinajstić information content (AvgIpc) is 2.85. The van der Waals surface area contributed by atoms with Crippen molar-refractivity contribution in [3.8, 4) is 0 Å². The van der Waals surface area contributed by atoms with Crippen LogP contribution in [0.25, 0.3) is 0 Å². The van der Waals surface area contributed by atoms with E-state index < -0.39 is 17.7 Å². The van der Waals surface area contributed by atoms with Gasteiger partial charge in [0.25, 0.3) is 0 Å². The van der Waals surface area contributed by atoms with E-state index in [-0.39, 0.29) is 17.5 Å². The third-order valence-electron chi connectivity index (χ3n) is 3.11. The minimum atomic E-state index is -1.02. The molecule has 130 valence electrons. The van der Waals surface area contributed by atoms with Crippen LogP contribution in [0.2, 0.25) is 0 Å². The van der Waals surface area contributed by atoms with E-state index in [1.54, 1.807) is 0 Å². The van der Waals surface area contributed by atoms with Crippen LogP contribution in [0.1, 0.15) is 50.7 Å². The maximum atomic E-state index is 11.7. The number of ether oxygens (including phenoxy) is 1. The molecule has 1 heterocycles. The van der Waals surface area contributed by atoms with E-state index in [9.17, 15) is 9.59 Å². The molecule has 1 rings (SSSR count). The van der Waals surface area contributed by atoms with Gasteiger partial charge in [-0.25, -0.2) is 9.59 Å². The summed E-state index contributed by atoms with van der Waals surface area (Å²) in [6.07, 6.45) is 0.749. The maximum absolute atomic E-state index is 11.7. The minimum absolute atomic E-state index is 0.000830. The highest BCUT2D eigenvalue weighted by atomic mass is 16.6. The van der Waals surface area contributed by atoms with Crippen molar-refractivity contribution in [3.05, 3.63) is 23.7 Å². The molecule has 0 spiro atoms. The van der Waals surface area contributed by atoms with E-state index in [0.717, 1.165) is 0 Å². The topological polar surface area (TPSA) is 101 Å². The number of carbonyl (C=O) groups is 2. The van der Waals surface area contributed by atoms with Gasteiger partial charge in [-0.1, -0.05) is 13.8 Å². The number of hydrogen-bond donors (Lipinski definition) is 3. The zero-order valence-electron chi connectivity index (χ0n) is 14.3. The Hall–Kier alpha value is -2.02. The van der Waals surface area contributed by atoms with Gasteiger partial charge in [-0.3, -0.25) is 0 Å². The van der Waals surface area contributed by atoms with Crippen molar-refractivity contribution in [1.82, 2.24) is 10.6 Å². The number of amides is 1. The van der Waals surface area contributed by atoms with Gasteiger partial charge in [-0.05, 0) is 32.8 Å². The summed E-state index contributed by atoms with van der Waals surface area (Å²) in [7, 11) is 0. The highest BCUT2D eigenvalue weighted by molar-refractivity contribution is 5.87. The van der Waals surface area contributed by atoms with Gasteiger partial charge in [0.2, 0.25) is 0 Å². The van der Waals surface area contributed by atoms with Crippen LogP contribution in [0, 0.1) is 5.92 Å². The third-order valence-corrected chi connectivity index (χ3v) is 3.11. The molecule has 1 aromatic rings. The predicted octanol–water partition coefficient (Wildman–Crippen LogP) is 2.62. The van der Waals surface area contributed by atoms with E-state index in [0.29, 0.717) is 18.8 Å². The largest absolute Gasteiger partial charge is 0.478 e. The number of carboxylic acids is 1. The van der Waals surface area contributed by atoms with E-state index in [1.807, 2.05) is 34.6 Å². The fourth-order valence-corrected chi connectivity index (χ4v) is 1.87.